The molecular weight excluding hydrogens is 210 g/mol. The third-order valence-electron chi connectivity index (χ3n) is 4.45. The van der Waals surface area contributed by atoms with Gasteiger partial charge in [0.05, 0.1) is 0 Å². The highest BCUT2D eigenvalue weighted by molar-refractivity contribution is 5.52. The van der Waals surface area contributed by atoms with Crippen molar-refractivity contribution >= 4 is 11.5 Å². The van der Waals surface area contributed by atoms with Gasteiger partial charge in [0.25, 0.3) is 0 Å². The maximum absolute atomic E-state index is 5.73. The van der Waals surface area contributed by atoms with Crippen LogP contribution in [0, 0.1) is 5.41 Å². The Balaban J connectivity index is 2.04. The van der Waals surface area contributed by atoms with E-state index < -0.39 is 0 Å². The molecule has 1 aliphatic rings. The Labute approximate surface area is 104 Å². The van der Waals surface area contributed by atoms with Crippen LogP contribution in [0.2, 0.25) is 0 Å². The lowest BCUT2D eigenvalue weighted by atomic mass is 9.74. The predicted octanol–water partition coefficient (Wildman–Crippen LogP) is 3.07. The fraction of sp³-hybridized carbons (Fsp3) is 0.643. The van der Waals surface area contributed by atoms with Crippen molar-refractivity contribution in [1.29, 1.82) is 0 Å². The summed E-state index contributed by atoms with van der Waals surface area (Å²) in [5, 5.41) is 0. The van der Waals surface area contributed by atoms with Crippen LogP contribution in [-0.2, 0) is 0 Å². The van der Waals surface area contributed by atoms with Gasteiger partial charge in [0.15, 0.2) is 0 Å². The number of hydrogen-bond donors (Lipinski definition) is 1. The van der Waals surface area contributed by atoms with Crippen molar-refractivity contribution in [2.45, 2.75) is 39.5 Å². The van der Waals surface area contributed by atoms with E-state index in [0.29, 0.717) is 11.2 Å². The van der Waals surface area contributed by atoms with Crippen LogP contribution in [-0.4, -0.2) is 18.1 Å². The third-order valence-corrected chi connectivity index (χ3v) is 4.45. The number of nitrogens with zero attached hydrogens (tertiary/aromatic N) is 2. The number of nitrogen functional groups attached to an aromatic ring is 1. The first-order valence-electron chi connectivity index (χ1n) is 6.65. The number of anilines is 2. The second kappa shape index (κ2) is 4.94. The standard InChI is InChI=1S/C14H23N3/c1-3-14(4-2)6-9-17(10-7-14)12-5-8-16-13(15)11-12/h5,8,11H,3-4,6-7,9-10H2,1-2H3,(H2,15,16). The highest BCUT2D eigenvalue weighted by Gasteiger charge is 2.31. The first kappa shape index (κ1) is 12.2. The van der Waals surface area contributed by atoms with E-state index in [9.17, 15) is 0 Å². The molecule has 94 valence electrons. The van der Waals surface area contributed by atoms with Gasteiger partial charge in [-0.25, -0.2) is 4.98 Å². The Bertz CT molecular complexity index is 361. The number of nitrogens with two attached hydrogens (primary N) is 1. The molecule has 17 heavy (non-hydrogen) atoms. The molecule has 1 aromatic heterocycles. The summed E-state index contributed by atoms with van der Waals surface area (Å²) in [5.41, 5.74) is 7.53. The van der Waals surface area contributed by atoms with Gasteiger partial charge in [-0.05, 0) is 24.3 Å². The van der Waals surface area contributed by atoms with E-state index in [1.165, 1.54) is 31.4 Å². The van der Waals surface area contributed by atoms with Crippen LogP contribution in [0.1, 0.15) is 39.5 Å². The maximum atomic E-state index is 5.73. The molecule has 1 saturated heterocycles. The molecule has 1 aliphatic heterocycles. The van der Waals surface area contributed by atoms with Crippen LogP contribution >= 0.6 is 0 Å². The Morgan fingerprint density at radius 1 is 1.29 bits per heavy atom. The highest BCUT2D eigenvalue weighted by atomic mass is 15.1. The fourth-order valence-electron chi connectivity index (χ4n) is 2.83. The van der Waals surface area contributed by atoms with Crippen molar-refractivity contribution in [3.05, 3.63) is 18.3 Å². The smallest absolute Gasteiger partial charge is 0.125 e. The molecule has 0 aromatic carbocycles. The number of rotatable bonds is 3. The van der Waals surface area contributed by atoms with E-state index in [4.69, 9.17) is 5.73 Å². The van der Waals surface area contributed by atoms with Crippen LogP contribution in [0.5, 0.6) is 0 Å². The largest absolute Gasteiger partial charge is 0.384 e. The van der Waals surface area contributed by atoms with Crippen LogP contribution < -0.4 is 10.6 Å². The Kier molecular flexibility index (Phi) is 3.55. The lowest BCUT2D eigenvalue weighted by Gasteiger charge is -2.42. The van der Waals surface area contributed by atoms with E-state index in [-0.39, 0.29) is 0 Å². The van der Waals surface area contributed by atoms with Gasteiger partial charge < -0.3 is 10.6 Å². The molecule has 0 radical (unpaired) electrons. The molecule has 3 heteroatoms. The summed E-state index contributed by atoms with van der Waals surface area (Å²) in [6.45, 7) is 6.93. The number of hydrogen-bond acceptors (Lipinski definition) is 3. The third kappa shape index (κ3) is 2.54. The van der Waals surface area contributed by atoms with Gasteiger partial charge in [0.2, 0.25) is 0 Å². The summed E-state index contributed by atoms with van der Waals surface area (Å²) >= 11 is 0. The van der Waals surface area contributed by atoms with Gasteiger partial charge in [-0.2, -0.15) is 0 Å². The molecule has 2 rings (SSSR count). The van der Waals surface area contributed by atoms with E-state index in [1.54, 1.807) is 6.20 Å². The lowest BCUT2D eigenvalue weighted by Crippen LogP contribution is -2.39. The zero-order valence-electron chi connectivity index (χ0n) is 10.9. The molecule has 2 heterocycles. The minimum absolute atomic E-state index is 0.578. The second-order valence-electron chi connectivity index (χ2n) is 5.13. The average Bonchev–Trinajstić information content (AvgIpc) is 2.39. The number of aromatic nitrogens is 1. The second-order valence-corrected chi connectivity index (χ2v) is 5.13. The van der Waals surface area contributed by atoms with Crippen molar-refractivity contribution in [1.82, 2.24) is 4.98 Å². The van der Waals surface area contributed by atoms with Crippen LogP contribution in [0.3, 0.4) is 0 Å². The molecule has 2 N–H and O–H groups in total. The van der Waals surface area contributed by atoms with Gasteiger partial charge in [0.1, 0.15) is 5.82 Å². The predicted molar refractivity (Wildman–Crippen MR) is 73.1 cm³/mol. The van der Waals surface area contributed by atoms with Gasteiger partial charge >= 0.3 is 0 Å². The van der Waals surface area contributed by atoms with Crippen LogP contribution in [0.15, 0.2) is 18.3 Å². The van der Waals surface area contributed by atoms with Gasteiger partial charge in [-0.1, -0.05) is 26.7 Å². The van der Waals surface area contributed by atoms with Crippen molar-refractivity contribution < 1.29 is 0 Å². The fourth-order valence-corrected chi connectivity index (χ4v) is 2.83. The molecule has 1 aromatic rings. The van der Waals surface area contributed by atoms with Crippen LogP contribution in [0.25, 0.3) is 0 Å². The summed E-state index contributed by atoms with van der Waals surface area (Å²) in [6.07, 6.45) is 6.99. The molecule has 0 atom stereocenters. The molecule has 0 unspecified atom stereocenters. The van der Waals surface area contributed by atoms with Crippen LogP contribution in [0.4, 0.5) is 11.5 Å². The first-order valence-corrected chi connectivity index (χ1v) is 6.65. The molecule has 3 nitrogen and oxygen atoms in total. The summed E-state index contributed by atoms with van der Waals surface area (Å²) in [5.74, 6) is 0.616. The number of piperidine rings is 1. The molecule has 0 aliphatic carbocycles. The molecular formula is C14H23N3. The molecule has 0 saturated carbocycles. The summed E-state index contributed by atoms with van der Waals surface area (Å²) in [7, 11) is 0. The van der Waals surface area contributed by atoms with E-state index in [1.807, 2.05) is 6.07 Å². The monoisotopic (exact) mass is 233 g/mol. The minimum Gasteiger partial charge on any atom is -0.384 e. The minimum atomic E-state index is 0.578. The average molecular weight is 233 g/mol. The van der Waals surface area contributed by atoms with E-state index >= 15 is 0 Å². The van der Waals surface area contributed by atoms with Crippen molar-refractivity contribution in [3.63, 3.8) is 0 Å². The zero-order valence-corrected chi connectivity index (χ0v) is 10.9. The van der Waals surface area contributed by atoms with Crippen molar-refractivity contribution in [2.24, 2.45) is 5.41 Å². The SMILES string of the molecule is CCC1(CC)CCN(c2ccnc(N)c2)CC1. The van der Waals surface area contributed by atoms with Gasteiger partial charge in [0, 0.05) is 31.0 Å². The van der Waals surface area contributed by atoms with E-state index in [2.05, 4.69) is 29.8 Å². The zero-order chi connectivity index (χ0) is 12.3. The molecule has 0 amide bonds. The summed E-state index contributed by atoms with van der Waals surface area (Å²) in [6, 6.07) is 4.03. The van der Waals surface area contributed by atoms with Gasteiger partial charge in [-0.15, -0.1) is 0 Å². The normalized spacial score (nSPS) is 19.3. The van der Waals surface area contributed by atoms with Crippen molar-refractivity contribution in [3.8, 4) is 0 Å². The van der Waals surface area contributed by atoms with Crippen molar-refractivity contribution in [2.75, 3.05) is 23.7 Å². The van der Waals surface area contributed by atoms with Gasteiger partial charge in [-0.3, -0.25) is 0 Å². The topological polar surface area (TPSA) is 42.2 Å². The Morgan fingerprint density at radius 2 is 1.94 bits per heavy atom. The quantitative estimate of drug-likeness (QED) is 0.872. The maximum Gasteiger partial charge on any atom is 0.125 e. The Hall–Kier alpha value is -1.25. The molecule has 0 spiro atoms. The summed E-state index contributed by atoms with van der Waals surface area (Å²) in [4.78, 5) is 6.48. The Morgan fingerprint density at radius 3 is 2.47 bits per heavy atom. The lowest BCUT2D eigenvalue weighted by molar-refractivity contribution is 0.199. The van der Waals surface area contributed by atoms with E-state index in [0.717, 1.165) is 13.1 Å². The molecule has 0 bridgehead atoms. The highest BCUT2D eigenvalue weighted by Crippen LogP contribution is 2.39. The number of pyridine rings is 1. The first-order chi connectivity index (χ1) is 8.19. The molecule has 1 fully saturated rings. The summed E-state index contributed by atoms with van der Waals surface area (Å²) < 4.78 is 0.